The second kappa shape index (κ2) is 5.81. The van der Waals surface area contributed by atoms with E-state index >= 15 is 0 Å². The summed E-state index contributed by atoms with van der Waals surface area (Å²) in [6.07, 6.45) is 1.30. The highest BCUT2D eigenvalue weighted by Crippen LogP contribution is 2.31. The summed E-state index contributed by atoms with van der Waals surface area (Å²) >= 11 is 0. The molecule has 0 aliphatic heterocycles. The third kappa shape index (κ3) is 2.98. The zero-order valence-electron chi connectivity index (χ0n) is 10.2. The molecule has 0 saturated carbocycles. The van der Waals surface area contributed by atoms with E-state index in [2.05, 4.69) is 10.2 Å². The van der Waals surface area contributed by atoms with Crippen LogP contribution in [0, 0.1) is 0 Å². The molecule has 2 rings (SSSR count). The molecule has 0 radical (unpaired) electrons. The van der Waals surface area contributed by atoms with Crippen LogP contribution >= 0.6 is 0 Å². The predicted octanol–water partition coefficient (Wildman–Crippen LogP) is 2.37. The predicted molar refractivity (Wildman–Crippen MR) is 66.7 cm³/mol. The highest BCUT2D eigenvalue weighted by molar-refractivity contribution is 5.90. The molecule has 0 amide bonds. The number of nitrogens with zero attached hydrogens (tertiary/aromatic N) is 2. The maximum absolute atomic E-state index is 11.0. The first-order chi connectivity index (χ1) is 9.22. The molecular weight excluding hydrogens is 248 g/mol. The fourth-order valence-corrected chi connectivity index (χ4v) is 1.47. The van der Waals surface area contributed by atoms with Crippen LogP contribution in [0.5, 0.6) is 17.4 Å². The van der Waals surface area contributed by atoms with Crippen LogP contribution in [0.15, 0.2) is 36.5 Å². The van der Waals surface area contributed by atoms with Crippen molar-refractivity contribution >= 4 is 5.97 Å². The Bertz CT molecular complexity index is 586. The first-order valence-electron chi connectivity index (χ1n) is 5.67. The maximum atomic E-state index is 11.0. The fraction of sp³-hybridized carbons (Fsp3) is 0.154. The molecule has 1 aromatic carbocycles. The van der Waals surface area contributed by atoms with Crippen LogP contribution in [0.4, 0.5) is 0 Å². The Morgan fingerprint density at radius 2 is 2.00 bits per heavy atom. The van der Waals surface area contributed by atoms with Gasteiger partial charge in [0, 0.05) is 0 Å². The molecule has 0 aliphatic carbocycles. The number of para-hydroxylation sites is 2. The van der Waals surface area contributed by atoms with E-state index in [4.69, 9.17) is 14.6 Å². The van der Waals surface area contributed by atoms with Crippen molar-refractivity contribution in [2.45, 2.75) is 6.92 Å². The molecule has 19 heavy (non-hydrogen) atoms. The van der Waals surface area contributed by atoms with Gasteiger partial charge < -0.3 is 14.6 Å². The summed E-state index contributed by atoms with van der Waals surface area (Å²) in [5, 5.41) is 16.3. The van der Waals surface area contributed by atoms with Gasteiger partial charge in [-0.1, -0.05) is 12.1 Å². The van der Waals surface area contributed by atoms with Gasteiger partial charge in [0.1, 0.15) is 5.56 Å². The standard InChI is InChI=1S/C13H12N2O4/c1-2-18-10-5-3-4-6-11(10)19-12-9(13(16)17)7-8-14-15-12/h3-8H,2H2,1H3,(H,16,17). The van der Waals surface area contributed by atoms with Crippen LogP contribution in [-0.4, -0.2) is 27.9 Å². The van der Waals surface area contributed by atoms with E-state index in [1.54, 1.807) is 24.3 Å². The summed E-state index contributed by atoms with van der Waals surface area (Å²) in [5.74, 6) is -0.278. The van der Waals surface area contributed by atoms with E-state index in [9.17, 15) is 4.79 Å². The molecule has 6 nitrogen and oxygen atoms in total. The Hall–Kier alpha value is -2.63. The average Bonchev–Trinajstić information content (AvgIpc) is 2.42. The minimum absolute atomic E-state index is 0.0544. The maximum Gasteiger partial charge on any atom is 0.341 e. The van der Waals surface area contributed by atoms with Crippen molar-refractivity contribution < 1.29 is 19.4 Å². The number of aromatic nitrogens is 2. The average molecular weight is 260 g/mol. The number of carbonyl (C=O) groups is 1. The quantitative estimate of drug-likeness (QED) is 0.888. The summed E-state index contributed by atoms with van der Waals surface area (Å²) in [6, 6.07) is 8.29. The van der Waals surface area contributed by atoms with E-state index in [1.807, 2.05) is 6.92 Å². The first-order valence-corrected chi connectivity index (χ1v) is 5.67. The van der Waals surface area contributed by atoms with Crippen molar-refractivity contribution in [3.8, 4) is 17.4 Å². The number of rotatable bonds is 5. The Balaban J connectivity index is 2.34. The Morgan fingerprint density at radius 1 is 1.26 bits per heavy atom. The topological polar surface area (TPSA) is 81.5 Å². The largest absolute Gasteiger partial charge is 0.490 e. The Kier molecular flexibility index (Phi) is 3.92. The molecular formula is C13H12N2O4. The third-order valence-electron chi connectivity index (χ3n) is 2.27. The first kappa shape index (κ1) is 12.8. The second-order valence-electron chi connectivity index (χ2n) is 3.54. The van der Waals surface area contributed by atoms with E-state index < -0.39 is 5.97 Å². The van der Waals surface area contributed by atoms with Gasteiger partial charge in [0.25, 0.3) is 5.88 Å². The molecule has 0 atom stereocenters. The summed E-state index contributed by atoms with van der Waals surface area (Å²) in [7, 11) is 0. The zero-order valence-corrected chi connectivity index (χ0v) is 10.2. The third-order valence-corrected chi connectivity index (χ3v) is 2.27. The van der Waals surface area contributed by atoms with Crippen molar-refractivity contribution in [3.05, 3.63) is 42.1 Å². The lowest BCUT2D eigenvalue weighted by molar-refractivity contribution is 0.0693. The lowest BCUT2D eigenvalue weighted by Crippen LogP contribution is -2.03. The molecule has 6 heteroatoms. The molecule has 0 unspecified atom stereocenters. The number of carboxylic acid groups (broad SMARTS) is 1. The van der Waals surface area contributed by atoms with Gasteiger partial charge >= 0.3 is 5.97 Å². The second-order valence-corrected chi connectivity index (χ2v) is 3.54. The van der Waals surface area contributed by atoms with Crippen molar-refractivity contribution in [1.29, 1.82) is 0 Å². The van der Waals surface area contributed by atoms with Gasteiger partial charge in [-0.25, -0.2) is 4.79 Å². The molecule has 0 fully saturated rings. The molecule has 0 spiro atoms. The molecule has 98 valence electrons. The number of ether oxygens (including phenoxy) is 2. The Morgan fingerprint density at radius 3 is 2.68 bits per heavy atom. The van der Waals surface area contributed by atoms with Gasteiger partial charge in [0.15, 0.2) is 11.5 Å². The molecule has 2 aromatic rings. The number of aromatic carboxylic acids is 1. The van der Waals surface area contributed by atoms with Crippen molar-refractivity contribution in [3.63, 3.8) is 0 Å². The summed E-state index contributed by atoms with van der Waals surface area (Å²) in [4.78, 5) is 11.0. The minimum Gasteiger partial charge on any atom is -0.490 e. The highest BCUT2D eigenvalue weighted by Gasteiger charge is 2.15. The molecule has 0 saturated heterocycles. The highest BCUT2D eigenvalue weighted by atomic mass is 16.5. The van der Waals surface area contributed by atoms with E-state index in [0.717, 1.165) is 0 Å². The Labute approximate surface area is 109 Å². The van der Waals surface area contributed by atoms with E-state index in [1.165, 1.54) is 12.3 Å². The smallest absolute Gasteiger partial charge is 0.341 e. The lowest BCUT2D eigenvalue weighted by Gasteiger charge is -2.11. The normalized spacial score (nSPS) is 9.95. The van der Waals surface area contributed by atoms with Crippen molar-refractivity contribution in [1.82, 2.24) is 10.2 Å². The number of carboxylic acids is 1. The van der Waals surface area contributed by atoms with Crippen molar-refractivity contribution in [2.75, 3.05) is 6.61 Å². The molecule has 0 aliphatic rings. The monoisotopic (exact) mass is 260 g/mol. The zero-order chi connectivity index (χ0) is 13.7. The van der Waals surface area contributed by atoms with Gasteiger partial charge in [0.05, 0.1) is 12.8 Å². The van der Waals surface area contributed by atoms with Crippen LogP contribution in [0.3, 0.4) is 0 Å². The van der Waals surface area contributed by atoms with Crippen LogP contribution in [0.1, 0.15) is 17.3 Å². The van der Waals surface area contributed by atoms with E-state index in [-0.39, 0.29) is 11.4 Å². The van der Waals surface area contributed by atoms with Gasteiger partial charge in [0.2, 0.25) is 0 Å². The summed E-state index contributed by atoms with van der Waals surface area (Å²) in [6.45, 7) is 2.33. The van der Waals surface area contributed by atoms with E-state index in [0.29, 0.717) is 18.1 Å². The summed E-state index contributed by atoms with van der Waals surface area (Å²) in [5.41, 5.74) is -0.0544. The molecule has 1 N–H and O–H groups in total. The lowest BCUT2D eigenvalue weighted by atomic mass is 10.3. The SMILES string of the molecule is CCOc1ccccc1Oc1nnccc1C(=O)O. The molecule has 1 aromatic heterocycles. The molecule has 1 heterocycles. The van der Waals surface area contributed by atoms with Gasteiger partial charge in [-0.2, -0.15) is 5.10 Å². The van der Waals surface area contributed by atoms with Gasteiger partial charge in [-0.3, -0.25) is 0 Å². The number of hydrogen-bond acceptors (Lipinski definition) is 5. The van der Waals surface area contributed by atoms with Crippen LogP contribution in [0.2, 0.25) is 0 Å². The minimum atomic E-state index is -1.13. The number of hydrogen-bond donors (Lipinski definition) is 1. The molecule has 0 bridgehead atoms. The fourth-order valence-electron chi connectivity index (χ4n) is 1.47. The van der Waals surface area contributed by atoms with Gasteiger partial charge in [-0.05, 0) is 25.1 Å². The van der Waals surface area contributed by atoms with Crippen LogP contribution in [-0.2, 0) is 0 Å². The number of benzene rings is 1. The van der Waals surface area contributed by atoms with Crippen LogP contribution < -0.4 is 9.47 Å². The van der Waals surface area contributed by atoms with Gasteiger partial charge in [-0.15, -0.1) is 5.10 Å². The summed E-state index contributed by atoms with van der Waals surface area (Å²) < 4.78 is 10.9. The van der Waals surface area contributed by atoms with Crippen molar-refractivity contribution in [2.24, 2.45) is 0 Å². The van der Waals surface area contributed by atoms with Crippen LogP contribution in [0.25, 0.3) is 0 Å².